The fraction of sp³-hybridized carbons (Fsp3) is 0.423. The van der Waals surface area contributed by atoms with Crippen molar-refractivity contribution in [2.45, 2.75) is 32.9 Å². The molecule has 0 spiro atoms. The van der Waals surface area contributed by atoms with Crippen LogP contribution in [0.25, 0.3) is 10.9 Å². The third-order valence-electron chi connectivity index (χ3n) is 6.03. The standard InChI is InChI=1S/C26H33N3O3/c1-20(2)32-26(30)19-29-18-21(24-9-4-5-10-25(24)29)11-12-27-13-15-28(16-14-27)22-7-6-8-23(17-22)31-3/h4-10,17-18,20H,11-16,19H2,1-3H3. The van der Waals surface area contributed by atoms with Gasteiger partial charge in [0.15, 0.2) is 0 Å². The number of anilines is 1. The summed E-state index contributed by atoms with van der Waals surface area (Å²) in [5.74, 6) is 0.708. The van der Waals surface area contributed by atoms with Crippen LogP contribution in [0, 0.1) is 0 Å². The largest absolute Gasteiger partial charge is 0.497 e. The Morgan fingerprint density at radius 3 is 2.56 bits per heavy atom. The minimum Gasteiger partial charge on any atom is -0.497 e. The first-order chi connectivity index (χ1) is 15.5. The summed E-state index contributed by atoms with van der Waals surface area (Å²) < 4.78 is 12.7. The minimum absolute atomic E-state index is 0.0977. The van der Waals surface area contributed by atoms with Crippen molar-refractivity contribution in [1.82, 2.24) is 9.47 Å². The Kier molecular flexibility index (Phi) is 7.00. The maximum atomic E-state index is 12.2. The molecule has 3 aromatic rings. The van der Waals surface area contributed by atoms with Crippen molar-refractivity contribution >= 4 is 22.6 Å². The number of carbonyl (C=O) groups is 1. The second kappa shape index (κ2) is 10.1. The van der Waals surface area contributed by atoms with E-state index in [1.54, 1.807) is 7.11 Å². The molecule has 170 valence electrons. The van der Waals surface area contributed by atoms with E-state index in [4.69, 9.17) is 9.47 Å². The lowest BCUT2D eigenvalue weighted by molar-refractivity contribution is -0.148. The number of rotatable bonds is 8. The number of ether oxygens (including phenoxy) is 2. The van der Waals surface area contributed by atoms with Gasteiger partial charge in [-0.3, -0.25) is 9.69 Å². The maximum absolute atomic E-state index is 12.2. The van der Waals surface area contributed by atoms with Crippen LogP contribution in [0.15, 0.2) is 54.7 Å². The lowest BCUT2D eigenvalue weighted by Gasteiger charge is -2.36. The second-order valence-corrected chi connectivity index (χ2v) is 8.62. The zero-order valence-corrected chi connectivity index (χ0v) is 19.3. The average Bonchev–Trinajstić information content (AvgIpc) is 3.15. The Hall–Kier alpha value is -2.99. The molecule has 0 amide bonds. The molecular weight excluding hydrogens is 402 g/mol. The number of methoxy groups -OCH3 is 1. The zero-order valence-electron chi connectivity index (χ0n) is 19.3. The molecule has 32 heavy (non-hydrogen) atoms. The van der Waals surface area contributed by atoms with Crippen LogP contribution in [-0.2, 0) is 22.5 Å². The maximum Gasteiger partial charge on any atom is 0.326 e. The Balaban J connectivity index is 1.37. The predicted molar refractivity (Wildman–Crippen MR) is 129 cm³/mol. The summed E-state index contributed by atoms with van der Waals surface area (Å²) in [6, 6.07) is 16.6. The summed E-state index contributed by atoms with van der Waals surface area (Å²) in [6.07, 6.45) is 2.99. The lowest BCUT2D eigenvalue weighted by atomic mass is 10.1. The number of para-hydroxylation sites is 1. The Morgan fingerprint density at radius 2 is 1.81 bits per heavy atom. The third-order valence-corrected chi connectivity index (χ3v) is 6.03. The van der Waals surface area contributed by atoms with E-state index in [0.29, 0.717) is 0 Å². The number of hydrogen-bond donors (Lipinski definition) is 0. The van der Waals surface area contributed by atoms with Gasteiger partial charge in [0.1, 0.15) is 12.3 Å². The van der Waals surface area contributed by atoms with Crippen LogP contribution in [0.4, 0.5) is 5.69 Å². The molecule has 0 saturated carbocycles. The van der Waals surface area contributed by atoms with E-state index in [1.807, 2.05) is 36.6 Å². The summed E-state index contributed by atoms with van der Waals surface area (Å²) in [7, 11) is 1.71. The number of piperazine rings is 1. The van der Waals surface area contributed by atoms with E-state index < -0.39 is 0 Å². The van der Waals surface area contributed by atoms with Gasteiger partial charge in [-0.25, -0.2) is 0 Å². The fourth-order valence-corrected chi connectivity index (χ4v) is 4.41. The quantitative estimate of drug-likeness (QED) is 0.501. The highest BCUT2D eigenvalue weighted by atomic mass is 16.5. The third kappa shape index (κ3) is 5.25. The summed E-state index contributed by atoms with van der Waals surface area (Å²) in [6.45, 7) is 9.11. The Morgan fingerprint density at radius 1 is 1.03 bits per heavy atom. The molecule has 2 heterocycles. The summed E-state index contributed by atoms with van der Waals surface area (Å²) in [5.41, 5.74) is 3.60. The number of hydrogen-bond acceptors (Lipinski definition) is 5. The average molecular weight is 436 g/mol. The first kappa shape index (κ1) is 22.2. The van der Waals surface area contributed by atoms with E-state index in [0.717, 1.165) is 50.4 Å². The molecule has 0 atom stereocenters. The van der Waals surface area contributed by atoms with Gasteiger partial charge in [-0.15, -0.1) is 0 Å². The molecule has 0 N–H and O–H groups in total. The van der Waals surface area contributed by atoms with Crippen LogP contribution in [0.2, 0.25) is 0 Å². The highest BCUT2D eigenvalue weighted by Gasteiger charge is 2.19. The number of benzene rings is 2. The van der Waals surface area contributed by atoms with Crippen LogP contribution in [0.3, 0.4) is 0 Å². The van der Waals surface area contributed by atoms with Crippen molar-refractivity contribution in [3.8, 4) is 5.75 Å². The first-order valence-corrected chi connectivity index (χ1v) is 11.4. The molecule has 1 aliphatic heterocycles. The van der Waals surface area contributed by atoms with E-state index in [9.17, 15) is 4.79 Å². The van der Waals surface area contributed by atoms with Crippen LogP contribution in [0.5, 0.6) is 5.75 Å². The first-order valence-electron chi connectivity index (χ1n) is 11.4. The molecule has 0 radical (unpaired) electrons. The van der Waals surface area contributed by atoms with Gasteiger partial charge in [0.25, 0.3) is 0 Å². The predicted octanol–water partition coefficient (Wildman–Crippen LogP) is 3.97. The van der Waals surface area contributed by atoms with Crippen LogP contribution in [0.1, 0.15) is 19.4 Å². The molecule has 1 fully saturated rings. The smallest absolute Gasteiger partial charge is 0.326 e. The van der Waals surface area contributed by atoms with E-state index in [1.165, 1.54) is 16.6 Å². The molecule has 6 nitrogen and oxygen atoms in total. The molecular formula is C26H33N3O3. The van der Waals surface area contributed by atoms with Crippen molar-refractivity contribution in [2.75, 3.05) is 44.7 Å². The molecule has 2 aromatic carbocycles. The number of fused-ring (bicyclic) bond motifs is 1. The van der Waals surface area contributed by atoms with Gasteiger partial charge >= 0.3 is 5.97 Å². The van der Waals surface area contributed by atoms with Crippen molar-refractivity contribution in [2.24, 2.45) is 0 Å². The van der Waals surface area contributed by atoms with E-state index >= 15 is 0 Å². The monoisotopic (exact) mass is 435 g/mol. The van der Waals surface area contributed by atoms with Gasteiger partial charge in [-0.1, -0.05) is 24.3 Å². The van der Waals surface area contributed by atoms with Crippen molar-refractivity contribution in [3.63, 3.8) is 0 Å². The molecule has 1 saturated heterocycles. The number of aromatic nitrogens is 1. The Labute approximate surface area is 190 Å². The Bertz CT molecular complexity index is 1050. The van der Waals surface area contributed by atoms with E-state index in [-0.39, 0.29) is 18.6 Å². The highest BCUT2D eigenvalue weighted by Crippen LogP contribution is 2.24. The number of carbonyl (C=O) groups excluding carboxylic acids is 1. The van der Waals surface area contributed by atoms with Crippen molar-refractivity contribution in [3.05, 3.63) is 60.3 Å². The minimum atomic E-state index is -0.194. The van der Waals surface area contributed by atoms with Crippen molar-refractivity contribution < 1.29 is 14.3 Å². The van der Waals surface area contributed by atoms with Gasteiger partial charge in [0, 0.05) is 61.6 Å². The normalized spacial score (nSPS) is 14.8. The summed E-state index contributed by atoms with van der Waals surface area (Å²) in [4.78, 5) is 17.2. The van der Waals surface area contributed by atoms with Crippen LogP contribution in [-0.4, -0.2) is 61.4 Å². The molecule has 6 heteroatoms. The second-order valence-electron chi connectivity index (χ2n) is 8.62. The fourth-order valence-electron chi connectivity index (χ4n) is 4.41. The molecule has 4 rings (SSSR count). The van der Waals surface area contributed by atoms with Gasteiger partial charge in [-0.2, -0.15) is 0 Å². The molecule has 1 aliphatic rings. The van der Waals surface area contributed by atoms with Crippen molar-refractivity contribution in [1.29, 1.82) is 0 Å². The van der Waals surface area contributed by atoms with Gasteiger partial charge in [-0.05, 0) is 44.0 Å². The van der Waals surface area contributed by atoms with E-state index in [2.05, 4.69) is 46.3 Å². The zero-order chi connectivity index (χ0) is 22.5. The van der Waals surface area contributed by atoms with Gasteiger partial charge < -0.3 is 18.9 Å². The number of esters is 1. The van der Waals surface area contributed by atoms with Gasteiger partial charge in [0.05, 0.1) is 13.2 Å². The molecule has 0 aliphatic carbocycles. The summed E-state index contributed by atoms with van der Waals surface area (Å²) in [5, 5.41) is 1.22. The van der Waals surface area contributed by atoms with Crippen LogP contribution >= 0.6 is 0 Å². The SMILES string of the molecule is COc1cccc(N2CCN(CCc3cn(CC(=O)OC(C)C)c4ccccc34)CC2)c1. The number of nitrogens with zero attached hydrogens (tertiary/aromatic N) is 3. The van der Waals surface area contributed by atoms with Crippen LogP contribution < -0.4 is 9.64 Å². The molecule has 0 bridgehead atoms. The lowest BCUT2D eigenvalue weighted by Crippen LogP contribution is -2.47. The van der Waals surface area contributed by atoms with Gasteiger partial charge in [0.2, 0.25) is 0 Å². The summed E-state index contributed by atoms with van der Waals surface area (Å²) >= 11 is 0. The molecule has 1 aromatic heterocycles. The topological polar surface area (TPSA) is 46.9 Å². The highest BCUT2D eigenvalue weighted by molar-refractivity contribution is 5.85. The molecule has 0 unspecified atom stereocenters.